The second-order valence-electron chi connectivity index (χ2n) is 4.39. The summed E-state index contributed by atoms with van der Waals surface area (Å²) in [7, 11) is 3.02. The first-order valence-corrected chi connectivity index (χ1v) is 6.18. The molecule has 2 N–H and O–H groups in total. The van der Waals surface area contributed by atoms with Gasteiger partial charge in [0.25, 0.3) is 0 Å². The Kier molecular flexibility index (Phi) is 5.85. The normalized spacial score (nSPS) is 10.0. The molecule has 1 amide bonds. The summed E-state index contributed by atoms with van der Waals surface area (Å²) in [5.41, 5.74) is 7.41. The highest BCUT2D eigenvalue weighted by molar-refractivity contribution is 5.77. The molecule has 0 aromatic heterocycles. The van der Waals surface area contributed by atoms with Gasteiger partial charge in [-0.3, -0.25) is 9.59 Å². The lowest BCUT2D eigenvalue weighted by Crippen LogP contribution is -2.29. The van der Waals surface area contributed by atoms with Crippen LogP contribution in [0.1, 0.15) is 18.4 Å². The molecule has 5 heteroatoms. The number of nitrogens with two attached hydrogens (primary N) is 1. The smallest absolute Gasteiger partial charge is 0.307 e. The average molecular weight is 264 g/mol. The summed E-state index contributed by atoms with van der Waals surface area (Å²) < 4.78 is 4.53. The van der Waals surface area contributed by atoms with Crippen LogP contribution >= 0.6 is 0 Å². The third-order valence-corrected chi connectivity index (χ3v) is 2.88. The van der Waals surface area contributed by atoms with Gasteiger partial charge in [0.2, 0.25) is 5.91 Å². The lowest BCUT2D eigenvalue weighted by molar-refractivity contribution is -0.141. The molecule has 0 aliphatic rings. The first kappa shape index (κ1) is 15.0. The van der Waals surface area contributed by atoms with E-state index < -0.39 is 0 Å². The number of aryl methyl sites for hydroxylation is 1. The molecule has 0 bridgehead atoms. The first-order valence-electron chi connectivity index (χ1n) is 6.18. The molecule has 1 aromatic rings. The van der Waals surface area contributed by atoms with Crippen LogP contribution in [0.25, 0.3) is 0 Å². The summed E-state index contributed by atoms with van der Waals surface area (Å²) in [5, 5.41) is 0. The molecule has 0 spiro atoms. The summed E-state index contributed by atoms with van der Waals surface area (Å²) in [6.07, 6.45) is 1.27. The lowest BCUT2D eigenvalue weighted by Gasteiger charge is -2.16. The predicted octanol–water partition coefficient (Wildman–Crippen LogP) is 1.22. The fourth-order valence-electron chi connectivity index (χ4n) is 1.68. The van der Waals surface area contributed by atoms with Crippen LogP contribution in [0.4, 0.5) is 5.69 Å². The van der Waals surface area contributed by atoms with E-state index in [4.69, 9.17) is 5.73 Å². The zero-order valence-corrected chi connectivity index (χ0v) is 11.4. The Bertz CT molecular complexity index is 446. The van der Waals surface area contributed by atoms with Crippen molar-refractivity contribution in [3.05, 3.63) is 29.8 Å². The van der Waals surface area contributed by atoms with Crippen molar-refractivity contribution in [3.63, 3.8) is 0 Å². The minimum absolute atomic E-state index is 0.00586. The summed E-state index contributed by atoms with van der Waals surface area (Å²) in [4.78, 5) is 24.4. The fourth-order valence-corrected chi connectivity index (χ4v) is 1.68. The number of carbonyl (C=O) groups excluding carboxylic acids is 2. The fraction of sp³-hybridized carbons (Fsp3) is 0.429. The maximum atomic E-state index is 11.8. The predicted molar refractivity (Wildman–Crippen MR) is 73.4 cm³/mol. The van der Waals surface area contributed by atoms with E-state index in [2.05, 4.69) is 4.74 Å². The van der Waals surface area contributed by atoms with Crippen molar-refractivity contribution >= 4 is 17.6 Å². The number of hydrogen-bond acceptors (Lipinski definition) is 4. The number of nitrogens with zero attached hydrogens (tertiary/aromatic N) is 1. The molecular formula is C14H20N2O3. The third kappa shape index (κ3) is 5.42. The van der Waals surface area contributed by atoms with Crippen LogP contribution in [0.15, 0.2) is 24.3 Å². The summed E-state index contributed by atoms with van der Waals surface area (Å²) in [6, 6.07) is 7.49. The van der Waals surface area contributed by atoms with E-state index in [0.717, 1.165) is 5.56 Å². The van der Waals surface area contributed by atoms with Crippen molar-refractivity contribution in [2.75, 3.05) is 26.4 Å². The Labute approximate surface area is 113 Å². The van der Waals surface area contributed by atoms with Gasteiger partial charge in [0.15, 0.2) is 0 Å². The molecule has 104 valence electrons. The van der Waals surface area contributed by atoms with E-state index >= 15 is 0 Å². The minimum Gasteiger partial charge on any atom is -0.469 e. The van der Waals surface area contributed by atoms with Crippen LogP contribution in [0.2, 0.25) is 0 Å². The van der Waals surface area contributed by atoms with Crippen LogP contribution in [-0.4, -0.2) is 37.5 Å². The van der Waals surface area contributed by atoms with Gasteiger partial charge in [-0.15, -0.1) is 0 Å². The Balaban J connectivity index is 2.36. The molecular weight excluding hydrogens is 244 g/mol. The molecule has 0 radical (unpaired) electrons. The highest BCUT2D eigenvalue weighted by Gasteiger charge is 2.10. The second kappa shape index (κ2) is 7.41. The molecule has 5 nitrogen and oxygen atoms in total. The summed E-state index contributed by atoms with van der Waals surface area (Å²) in [6.45, 7) is 0.377. The number of carbonyl (C=O) groups is 2. The highest BCUT2D eigenvalue weighted by Crippen LogP contribution is 2.09. The van der Waals surface area contributed by atoms with E-state index in [1.54, 1.807) is 11.9 Å². The molecule has 1 aromatic carbocycles. The average Bonchev–Trinajstić information content (AvgIpc) is 2.41. The van der Waals surface area contributed by atoms with Gasteiger partial charge >= 0.3 is 5.97 Å². The number of methoxy groups -OCH3 is 1. The van der Waals surface area contributed by atoms with Gasteiger partial charge in [0.1, 0.15) is 0 Å². The quantitative estimate of drug-likeness (QED) is 0.619. The van der Waals surface area contributed by atoms with Crippen molar-refractivity contribution in [1.82, 2.24) is 4.90 Å². The van der Waals surface area contributed by atoms with Gasteiger partial charge in [0, 0.05) is 25.7 Å². The number of ether oxygens (including phenoxy) is 1. The minimum atomic E-state index is -0.310. The summed E-state index contributed by atoms with van der Waals surface area (Å²) >= 11 is 0. The molecule has 0 aliphatic heterocycles. The molecule has 19 heavy (non-hydrogen) atoms. The van der Waals surface area contributed by atoms with Crippen molar-refractivity contribution in [2.45, 2.75) is 19.3 Å². The van der Waals surface area contributed by atoms with E-state index in [-0.39, 0.29) is 18.3 Å². The van der Waals surface area contributed by atoms with E-state index in [1.807, 2.05) is 24.3 Å². The number of anilines is 1. The monoisotopic (exact) mass is 264 g/mol. The molecule has 0 saturated heterocycles. The lowest BCUT2D eigenvalue weighted by atomic mass is 10.1. The van der Waals surface area contributed by atoms with Crippen LogP contribution in [0.5, 0.6) is 0 Å². The van der Waals surface area contributed by atoms with Crippen molar-refractivity contribution < 1.29 is 14.3 Å². The third-order valence-electron chi connectivity index (χ3n) is 2.88. The largest absolute Gasteiger partial charge is 0.469 e. The first-order chi connectivity index (χ1) is 9.02. The van der Waals surface area contributed by atoms with E-state index in [0.29, 0.717) is 25.1 Å². The van der Waals surface area contributed by atoms with Crippen molar-refractivity contribution in [2.24, 2.45) is 0 Å². The SMILES string of the molecule is COC(=O)CCN(C)C(=O)CCc1cccc(N)c1. The van der Waals surface area contributed by atoms with Crippen LogP contribution < -0.4 is 5.73 Å². The number of benzene rings is 1. The molecule has 0 aliphatic carbocycles. The zero-order valence-electron chi connectivity index (χ0n) is 11.4. The number of rotatable bonds is 6. The van der Waals surface area contributed by atoms with Gasteiger partial charge in [-0.25, -0.2) is 0 Å². The molecule has 0 atom stereocenters. The second-order valence-corrected chi connectivity index (χ2v) is 4.39. The maximum absolute atomic E-state index is 11.8. The zero-order chi connectivity index (χ0) is 14.3. The van der Waals surface area contributed by atoms with Gasteiger partial charge in [-0.05, 0) is 24.1 Å². The molecule has 0 fully saturated rings. The number of amides is 1. The Hall–Kier alpha value is -2.04. The van der Waals surface area contributed by atoms with Gasteiger partial charge < -0.3 is 15.4 Å². The van der Waals surface area contributed by atoms with Crippen LogP contribution in [0.3, 0.4) is 0 Å². The Morgan fingerprint density at radius 3 is 2.68 bits per heavy atom. The van der Waals surface area contributed by atoms with Gasteiger partial charge in [-0.2, -0.15) is 0 Å². The van der Waals surface area contributed by atoms with Crippen LogP contribution in [-0.2, 0) is 20.7 Å². The maximum Gasteiger partial charge on any atom is 0.307 e. The molecule has 1 rings (SSSR count). The topological polar surface area (TPSA) is 72.6 Å². The Morgan fingerprint density at radius 1 is 1.32 bits per heavy atom. The van der Waals surface area contributed by atoms with Crippen LogP contribution in [0, 0.1) is 0 Å². The number of esters is 1. The standard InChI is InChI=1S/C14H20N2O3/c1-16(9-8-14(18)19-2)13(17)7-6-11-4-3-5-12(15)10-11/h3-5,10H,6-9,15H2,1-2H3. The van der Waals surface area contributed by atoms with Gasteiger partial charge in [-0.1, -0.05) is 12.1 Å². The molecule has 0 unspecified atom stereocenters. The number of nitrogen functional groups attached to an aromatic ring is 1. The highest BCUT2D eigenvalue weighted by atomic mass is 16.5. The van der Waals surface area contributed by atoms with Gasteiger partial charge in [0.05, 0.1) is 13.5 Å². The Morgan fingerprint density at radius 2 is 2.05 bits per heavy atom. The van der Waals surface area contributed by atoms with Crippen molar-refractivity contribution in [1.29, 1.82) is 0 Å². The van der Waals surface area contributed by atoms with E-state index in [9.17, 15) is 9.59 Å². The van der Waals surface area contributed by atoms with E-state index in [1.165, 1.54) is 7.11 Å². The molecule has 0 heterocycles. The molecule has 0 saturated carbocycles. The number of hydrogen-bond donors (Lipinski definition) is 1. The summed E-state index contributed by atoms with van der Waals surface area (Å²) in [5.74, 6) is -0.304. The van der Waals surface area contributed by atoms with Crippen molar-refractivity contribution in [3.8, 4) is 0 Å².